The van der Waals surface area contributed by atoms with Crippen LogP contribution in [-0.4, -0.2) is 30.0 Å². The molecule has 3 nitrogen and oxygen atoms in total. The van der Waals surface area contributed by atoms with Crippen LogP contribution in [0.5, 0.6) is 0 Å². The van der Waals surface area contributed by atoms with Gasteiger partial charge in [-0.1, -0.05) is 168 Å². The minimum atomic E-state index is -0.901. The molecule has 0 bridgehead atoms. The molecule has 0 saturated heterocycles. The minimum absolute atomic E-state index is 0. The van der Waals surface area contributed by atoms with E-state index in [2.05, 4.69) is 25.7 Å². The monoisotopic (exact) mass is 574 g/mol. The Labute approximate surface area is 275 Å². The van der Waals surface area contributed by atoms with Crippen molar-refractivity contribution in [3.8, 4) is 0 Å². The molecule has 1 unspecified atom stereocenters. The normalized spacial score (nSPS) is 12.1. The van der Waals surface area contributed by atoms with E-state index >= 15 is 0 Å². The van der Waals surface area contributed by atoms with E-state index in [4.69, 9.17) is 0 Å². The van der Waals surface area contributed by atoms with Gasteiger partial charge in [-0.15, -0.1) is 0 Å². The van der Waals surface area contributed by atoms with E-state index in [9.17, 15) is 9.90 Å². The molecule has 1 atom stereocenters. The largest absolute Gasteiger partial charge is 1.00 e. The molecule has 234 valence electrons. The molecule has 0 aromatic rings. The molecular weight excluding hydrogens is 501 g/mol. The molecule has 0 aliphatic carbocycles. The summed E-state index contributed by atoms with van der Waals surface area (Å²) in [5.41, 5.74) is 0. The van der Waals surface area contributed by atoms with Gasteiger partial charge in [0.25, 0.3) is 0 Å². The second kappa shape index (κ2) is 35.6. The van der Waals surface area contributed by atoms with Crippen LogP contribution in [-0.2, 0) is 4.79 Å². The quantitative estimate of drug-likeness (QED) is 0.0595. The summed E-state index contributed by atoms with van der Waals surface area (Å²) >= 11 is 0. The van der Waals surface area contributed by atoms with Gasteiger partial charge in [0, 0.05) is 12.0 Å². The molecule has 0 aromatic heterocycles. The summed E-state index contributed by atoms with van der Waals surface area (Å²) in [6, 6.07) is 0.485. The van der Waals surface area contributed by atoms with E-state index in [1.807, 2.05) is 0 Å². The third-order valence-electron chi connectivity index (χ3n) is 8.72. The van der Waals surface area contributed by atoms with E-state index in [0.717, 1.165) is 12.8 Å². The van der Waals surface area contributed by atoms with Crippen LogP contribution in [0.15, 0.2) is 0 Å². The van der Waals surface area contributed by atoms with Crippen molar-refractivity contribution in [2.45, 2.75) is 213 Å². The fourth-order valence-electron chi connectivity index (χ4n) is 5.94. The Kier molecular flexibility index (Phi) is 37.9. The fourth-order valence-corrected chi connectivity index (χ4v) is 5.94. The van der Waals surface area contributed by atoms with Gasteiger partial charge in [-0.3, -0.25) is 0 Å². The van der Waals surface area contributed by atoms with Gasteiger partial charge in [0.1, 0.15) is 0 Å². The number of carboxylic acids is 1. The van der Waals surface area contributed by atoms with Gasteiger partial charge in [-0.05, 0) is 52.1 Å². The predicted octanol–water partition coefficient (Wildman–Crippen LogP) is 7.78. The molecule has 0 aromatic carbocycles. The van der Waals surface area contributed by atoms with Gasteiger partial charge in [0.2, 0.25) is 0 Å². The second-order valence-corrected chi connectivity index (χ2v) is 12.6. The van der Waals surface area contributed by atoms with Crippen LogP contribution >= 0.6 is 0 Å². The average Bonchev–Trinajstić information content (AvgIpc) is 2.92. The number of aliphatic carboxylic acids is 1. The Morgan fingerprint density at radius 1 is 0.500 bits per heavy atom. The molecule has 0 aliphatic heterocycles. The van der Waals surface area contributed by atoms with Crippen LogP contribution in [0.2, 0.25) is 0 Å². The maximum absolute atomic E-state index is 10.8. The Hall–Kier alpha value is 0.430. The Morgan fingerprint density at radius 2 is 0.775 bits per heavy atom. The molecule has 0 N–H and O–H groups in total. The van der Waals surface area contributed by atoms with Crippen molar-refractivity contribution in [3.63, 3.8) is 0 Å². The number of nitrogens with zero attached hydrogens (tertiary/aromatic N) is 1. The van der Waals surface area contributed by atoms with Crippen molar-refractivity contribution in [1.29, 1.82) is 0 Å². The Balaban J connectivity index is 0. The first kappa shape index (κ1) is 42.6. The van der Waals surface area contributed by atoms with Crippen molar-refractivity contribution in [2.24, 2.45) is 0 Å². The molecule has 0 spiro atoms. The number of rotatable bonds is 33. The maximum atomic E-state index is 10.8. The summed E-state index contributed by atoms with van der Waals surface area (Å²) in [6.45, 7) is 9.25. The van der Waals surface area contributed by atoms with Crippen molar-refractivity contribution < 1.29 is 39.5 Å². The SMILES string of the molecule is CCCCCCCCCCCCCCCN(CCCCCCCCCCCCCCC)C(C)CCCC(=O)[O-].[Na+]. The van der Waals surface area contributed by atoms with Crippen molar-refractivity contribution in [1.82, 2.24) is 4.90 Å². The van der Waals surface area contributed by atoms with Gasteiger partial charge >= 0.3 is 29.6 Å². The standard InChI is InChI=1S/C36H73NO2.Na/c1-4-6-8-10-12-14-16-18-20-22-24-26-28-33-37(35(3)31-30-32-36(38)39)34-29-27-25-23-21-19-17-15-13-11-9-7-5-2;/h35H,4-34H2,1-3H3,(H,38,39);/q;+1/p-1. The average molecular weight is 574 g/mol. The topological polar surface area (TPSA) is 43.4 Å². The van der Waals surface area contributed by atoms with Gasteiger partial charge < -0.3 is 14.8 Å². The first-order chi connectivity index (χ1) is 19.1. The molecule has 40 heavy (non-hydrogen) atoms. The molecule has 0 aliphatic rings. The summed E-state index contributed by atoms with van der Waals surface area (Å²) < 4.78 is 0. The summed E-state index contributed by atoms with van der Waals surface area (Å²) in [5.74, 6) is -0.901. The van der Waals surface area contributed by atoms with Crippen molar-refractivity contribution >= 4 is 5.97 Å². The van der Waals surface area contributed by atoms with Gasteiger partial charge in [0.15, 0.2) is 0 Å². The fraction of sp³-hybridized carbons (Fsp3) is 0.972. The zero-order chi connectivity index (χ0) is 28.7. The number of carbonyl (C=O) groups is 1. The molecular formula is C36H72NNaO2. The van der Waals surface area contributed by atoms with Gasteiger partial charge in [0.05, 0.1) is 0 Å². The summed E-state index contributed by atoms with van der Waals surface area (Å²) in [5, 5.41) is 10.8. The van der Waals surface area contributed by atoms with Crippen LogP contribution in [0.4, 0.5) is 0 Å². The minimum Gasteiger partial charge on any atom is -0.550 e. The number of carbonyl (C=O) groups excluding carboxylic acids is 1. The third kappa shape index (κ3) is 32.9. The predicted molar refractivity (Wildman–Crippen MR) is 171 cm³/mol. The first-order valence-electron chi connectivity index (χ1n) is 18.1. The number of hydrogen-bond donors (Lipinski definition) is 0. The molecule has 0 amide bonds. The van der Waals surface area contributed by atoms with Crippen LogP contribution in [0.3, 0.4) is 0 Å². The summed E-state index contributed by atoms with van der Waals surface area (Å²) in [4.78, 5) is 13.5. The molecule has 0 heterocycles. The molecule has 4 heteroatoms. The second-order valence-electron chi connectivity index (χ2n) is 12.6. The summed E-state index contributed by atoms with van der Waals surface area (Å²) in [7, 11) is 0. The van der Waals surface area contributed by atoms with Gasteiger partial charge in [-0.25, -0.2) is 0 Å². The first-order valence-corrected chi connectivity index (χ1v) is 18.1. The van der Waals surface area contributed by atoms with Crippen LogP contribution in [0.1, 0.15) is 207 Å². The molecule has 0 radical (unpaired) electrons. The van der Waals surface area contributed by atoms with E-state index in [-0.39, 0.29) is 36.0 Å². The number of carboxylic acid groups (broad SMARTS) is 1. The number of unbranched alkanes of at least 4 members (excludes halogenated alkanes) is 24. The zero-order valence-corrected chi connectivity index (χ0v) is 30.3. The van der Waals surface area contributed by atoms with E-state index in [1.165, 1.54) is 180 Å². The van der Waals surface area contributed by atoms with Crippen LogP contribution < -0.4 is 34.7 Å². The van der Waals surface area contributed by atoms with Gasteiger partial charge in [-0.2, -0.15) is 0 Å². The smallest absolute Gasteiger partial charge is 0.550 e. The Morgan fingerprint density at radius 3 is 1.05 bits per heavy atom. The van der Waals surface area contributed by atoms with Crippen LogP contribution in [0, 0.1) is 0 Å². The van der Waals surface area contributed by atoms with E-state index in [0.29, 0.717) is 6.04 Å². The molecule has 0 fully saturated rings. The molecule has 0 rings (SSSR count). The third-order valence-corrected chi connectivity index (χ3v) is 8.72. The maximum Gasteiger partial charge on any atom is 1.00 e. The van der Waals surface area contributed by atoms with Crippen molar-refractivity contribution in [3.05, 3.63) is 0 Å². The molecule has 0 saturated carbocycles. The van der Waals surface area contributed by atoms with E-state index in [1.54, 1.807) is 0 Å². The van der Waals surface area contributed by atoms with Crippen LogP contribution in [0.25, 0.3) is 0 Å². The number of hydrogen-bond acceptors (Lipinski definition) is 3. The Bertz CT molecular complexity index is 457. The van der Waals surface area contributed by atoms with E-state index < -0.39 is 5.97 Å². The zero-order valence-electron chi connectivity index (χ0n) is 28.3. The summed E-state index contributed by atoms with van der Waals surface area (Å²) in [6.07, 6.45) is 38.3. The van der Waals surface area contributed by atoms with Crippen molar-refractivity contribution in [2.75, 3.05) is 13.1 Å².